The number of hydrogen-bond acceptors (Lipinski definition) is 6. The summed E-state index contributed by atoms with van der Waals surface area (Å²) >= 11 is 1.20. The average Bonchev–Trinajstić information content (AvgIpc) is 2.91. The van der Waals surface area contributed by atoms with Crippen molar-refractivity contribution in [2.45, 2.75) is 52.5 Å². The molecule has 0 saturated carbocycles. The summed E-state index contributed by atoms with van der Waals surface area (Å²) in [5.41, 5.74) is 0.683. The highest BCUT2D eigenvalue weighted by Gasteiger charge is 2.27. The van der Waals surface area contributed by atoms with Gasteiger partial charge in [-0.3, -0.25) is 4.79 Å². The van der Waals surface area contributed by atoms with Crippen LogP contribution >= 0.6 is 11.3 Å². The number of thiazole rings is 1. The van der Waals surface area contributed by atoms with Crippen LogP contribution in [0.3, 0.4) is 0 Å². The van der Waals surface area contributed by atoms with Crippen LogP contribution in [0, 0.1) is 5.92 Å². The van der Waals surface area contributed by atoms with Gasteiger partial charge in [-0.2, -0.15) is 0 Å². The molecule has 0 aliphatic carbocycles. The van der Waals surface area contributed by atoms with Crippen LogP contribution in [0.25, 0.3) is 0 Å². The summed E-state index contributed by atoms with van der Waals surface area (Å²) in [5.74, 6) is -0.304. The summed E-state index contributed by atoms with van der Waals surface area (Å²) in [5, 5.41) is 6.69. The Morgan fingerprint density at radius 2 is 2.22 bits per heavy atom. The van der Waals surface area contributed by atoms with Crippen LogP contribution < -0.4 is 10.6 Å². The van der Waals surface area contributed by atoms with Crippen molar-refractivity contribution in [2.75, 3.05) is 18.5 Å². The maximum atomic E-state index is 12.4. The van der Waals surface area contributed by atoms with Crippen LogP contribution in [0.4, 0.5) is 5.13 Å². The maximum Gasteiger partial charge on any atom is 0.350 e. The molecule has 2 N–H and O–H groups in total. The van der Waals surface area contributed by atoms with E-state index >= 15 is 0 Å². The smallest absolute Gasteiger partial charge is 0.350 e. The Bertz CT molecular complexity index is 571. The quantitative estimate of drug-likeness (QED) is 0.806. The van der Waals surface area contributed by atoms with Gasteiger partial charge in [-0.1, -0.05) is 25.2 Å². The number of anilines is 1. The zero-order valence-corrected chi connectivity index (χ0v) is 15.0. The first kappa shape index (κ1) is 17.9. The maximum absolute atomic E-state index is 12.4. The monoisotopic (exact) mass is 339 g/mol. The van der Waals surface area contributed by atoms with E-state index in [4.69, 9.17) is 4.74 Å². The lowest BCUT2D eigenvalue weighted by atomic mass is 9.92. The highest BCUT2D eigenvalue weighted by Crippen LogP contribution is 2.30. The third-order valence-corrected chi connectivity index (χ3v) is 4.85. The summed E-state index contributed by atoms with van der Waals surface area (Å²) in [7, 11) is 0. The van der Waals surface area contributed by atoms with Crippen molar-refractivity contribution in [1.29, 1.82) is 0 Å². The molecule has 1 aliphatic heterocycles. The molecule has 0 unspecified atom stereocenters. The number of piperidine rings is 1. The lowest BCUT2D eigenvalue weighted by Gasteiger charge is -2.26. The van der Waals surface area contributed by atoms with Crippen LogP contribution in [0.5, 0.6) is 0 Å². The number of hydrogen-bond donors (Lipinski definition) is 2. The summed E-state index contributed by atoms with van der Waals surface area (Å²) in [6.07, 6.45) is 1.64. The Morgan fingerprint density at radius 3 is 2.83 bits per heavy atom. The van der Waals surface area contributed by atoms with E-state index in [9.17, 15) is 9.59 Å². The summed E-state index contributed by atoms with van der Waals surface area (Å²) in [6, 6.07) is 0.345. The zero-order chi connectivity index (χ0) is 17.0. The average molecular weight is 339 g/mol. The van der Waals surface area contributed by atoms with Gasteiger partial charge >= 0.3 is 5.97 Å². The molecule has 0 bridgehead atoms. The van der Waals surface area contributed by atoms with E-state index in [1.807, 2.05) is 13.8 Å². The number of carbonyl (C=O) groups excluding carboxylic acids is 2. The van der Waals surface area contributed by atoms with Gasteiger partial charge in [0.05, 0.1) is 12.3 Å². The van der Waals surface area contributed by atoms with E-state index in [0.717, 1.165) is 19.4 Å². The molecule has 1 fully saturated rings. The molecule has 1 amide bonds. The second kappa shape index (κ2) is 7.88. The summed E-state index contributed by atoms with van der Waals surface area (Å²) < 4.78 is 5.08. The Kier molecular flexibility index (Phi) is 6.12. The minimum atomic E-state index is -0.371. The van der Waals surface area contributed by atoms with Crippen molar-refractivity contribution in [2.24, 2.45) is 5.92 Å². The number of amides is 1. The minimum Gasteiger partial charge on any atom is -0.462 e. The molecule has 1 aromatic rings. The molecule has 2 rings (SSSR count). The van der Waals surface area contributed by atoms with Gasteiger partial charge in [0.25, 0.3) is 0 Å². The molecule has 7 heteroatoms. The van der Waals surface area contributed by atoms with E-state index < -0.39 is 0 Å². The van der Waals surface area contributed by atoms with E-state index in [2.05, 4.69) is 22.5 Å². The fraction of sp³-hybridized carbons (Fsp3) is 0.688. The minimum absolute atomic E-state index is 0.0105. The Hall–Kier alpha value is -1.47. The number of nitrogens with one attached hydrogen (secondary N) is 2. The van der Waals surface area contributed by atoms with Crippen LogP contribution in [0.1, 0.15) is 61.8 Å². The third kappa shape index (κ3) is 4.51. The molecule has 1 saturated heterocycles. The van der Waals surface area contributed by atoms with Crippen molar-refractivity contribution in [3.8, 4) is 0 Å². The molecule has 128 valence electrons. The van der Waals surface area contributed by atoms with Gasteiger partial charge in [0.15, 0.2) is 5.13 Å². The molecule has 0 spiro atoms. The molecule has 2 heterocycles. The standard InChI is InChI=1S/C16H25N3O3S/c1-5-22-15(21)13-12(9(2)3)18-16(23-13)19-14(20)11-6-7-17-10(4)8-11/h9-11,17H,5-8H2,1-4H3,(H,18,19,20)/t10-,11-/m0/s1. The molecular formula is C16H25N3O3S. The zero-order valence-electron chi connectivity index (χ0n) is 14.1. The molecular weight excluding hydrogens is 314 g/mol. The number of aromatic nitrogens is 1. The van der Waals surface area contributed by atoms with E-state index in [-0.39, 0.29) is 23.7 Å². The van der Waals surface area contributed by atoms with Crippen LogP contribution in [0.2, 0.25) is 0 Å². The number of ether oxygens (including phenoxy) is 1. The van der Waals surface area contributed by atoms with Gasteiger partial charge in [0, 0.05) is 12.0 Å². The molecule has 1 aliphatic rings. The van der Waals surface area contributed by atoms with Crippen molar-refractivity contribution in [3.05, 3.63) is 10.6 Å². The van der Waals surface area contributed by atoms with E-state index in [0.29, 0.717) is 28.4 Å². The van der Waals surface area contributed by atoms with Crippen LogP contribution in [-0.4, -0.2) is 36.1 Å². The normalized spacial score (nSPS) is 21.3. The van der Waals surface area contributed by atoms with Gasteiger partial charge in [0.1, 0.15) is 4.88 Å². The number of rotatable bonds is 5. The van der Waals surface area contributed by atoms with E-state index in [1.54, 1.807) is 6.92 Å². The van der Waals surface area contributed by atoms with Crippen molar-refractivity contribution in [1.82, 2.24) is 10.3 Å². The predicted molar refractivity (Wildman–Crippen MR) is 91.0 cm³/mol. The first-order chi connectivity index (χ1) is 10.9. The number of carbonyl (C=O) groups is 2. The van der Waals surface area contributed by atoms with Crippen LogP contribution in [-0.2, 0) is 9.53 Å². The molecule has 2 atom stereocenters. The van der Waals surface area contributed by atoms with Crippen molar-refractivity contribution >= 4 is 28.3 Å². The van der Waals surface area contributed by atoms with Crippen molar-refractivity contribution < 1.29 is 14.3 Å². The lowest BCUT2D eigenvalue weighted by Crippen LogP contribution is -2.40. The summed E-state index contributed by atoms with van der Waals surface area (Å²) in [6.45, 7) is 8.97. The van der Waals surface area contributed by atoms with Gasteiger partial charge < -0.3 is 15.4 Å². The third-order valence-electron chi connectivity index (χ3n) is 3.89. The Balaban J connectivity index is 2.12. The molecule has 1 aromatic heterocycles. The number of nitrogens with zero attached hydrogens (tertiary/aromatic N) is 1. The second-order valence-corrected chi connectivity index (χ2v) is 7.17. The molecule has 0 radical (unpaired) electrons. The fourth-order valence-corrected chi connectivity index (χ4v) is 3.71. The largest absolute Gasteiger partial charge is 0.462 e. The SMILES string of the molecule is CCOC(=O)c1sc(NC(=O)[C@H]2CCN[C@@H](C)C2)nc1C(C)C. The van der Waals surface area contributed by atoms with Crippen molar-refractivity contribution in [3.63, 3.8) is 0 Å². The molecule has 23 heavy (non-hydrogen) atoms. The second-order valence-electron chi connectivity index (χ2n) is 6.17. The molecule has 6 nitrogen and oxygen atoms in total. The molecule has 0 aromatic carbocycles. The van der Waals surface area contributed by atoms with Gasteiger partial charge in [-0.05, 0) is 39.2 Å². The fourth-order valence-electron chi connectivity index (χ4n) is 2.70. The summed E-state index contributed by atoms with van der Waals surface area (Å²) in [4.78, 5) is 29.4. The Labute approximate surface area is 141 Å². The van der Waals surface area contributed by atoms with Gasteiger partial charge in [-0.15, -0.1) is 0 Å². The first-order valence-electron chi connectivity index (χ1n) is 8.14. The Morgan fingerprint density at radius 1 is 1.48 bits per heavy atom. The predicted octanol–water partition coefficient (Wildman–Crippen LogP) is 2.77. The lowest BCUT2D eigenvalue weighted by molar-refractivity contribution is -0.120. The van der Waals surface area contributed by atoms with Gasteiger partial charge in [0.2, 0.25) is 5.91 Å². The van der Waals surface area contributed by atoms with E-state index in [1.165, 1.54) is 11.3 Å². The van der Waals surface area contributed by atoms with Crippen LogP contribution in [0.15, 0.2) is 0 Å². The number of esters is 1. The highest BCUT2D eigenvalue weighted by molar-refractivity contribution is 7.17. The topological polar surface area (TPSA) is 80.3 Å². The first-order valence-corrected chi connectivity index (χ1v) is 8.96. The highest BCUT2D eigenvalue weighted by atomic mass is 32.1. The van der Waals surface area contributed by atoms with Gasteiger partial charge in [-0.25, -0.2) is 9.78 Å².